The highest BCUT2D eigenvalue weighted by molar-refractivity contribution is 7.99. The highest BCUT2D eigenvalue weighted by Gasteiger charge is 2.35. The minimum atomic E-state index is -4.47. The molecular formula is C10H9F3N2OS. The minimum Gasteiger partial charge on any atom is -0.309 e. The fourth-order valence-corrected chi connectivity index (χ4v) is 2.51. The zero-order chi connectivity index (χ0) is 12.5. The van der Waals surface area contributed by atoms with Gasteiger partial charge in [0.25, 0.3) is 0 Å². The Hall–Kier alpha value is -1.24. The number of nitrogens with zero attached hydrogens (tertiary/aromatic N) is 2. The van der Waals surface area contributed by atoms with Crippen molar-refractivity contribution >= 4 is 23.4 Å². The van der Waals surface area contributed by atoms with Crippen LogP contribution >= 0.6 is 11.8 Å². The van der Waals surface area contributed by atoms with E-state index in [0.717, 1.165) is 4.90 Å². The summed E-state index contributed by atoms with van der Waals surface area (Å²) in [6.07, 6.45) is -4.33. The molecule has 0 bridgehead atoms. The Labute approximate surface area is 100 Å². The molecular weight excluding hydrogens is 253 g/mol. The van der Waals surface area contributed by atoms with Crippen LogP contribution in [0.4, 0.5) is 18.9 Å². The summed E-state index contributed by atoms with van der Waals surface area (Å²) in [5.41, 5.74) is 0.470. The number of fused-ring (bicyclic) bond motifs is 1. The van der Waals surface area contributed by atoms with E-state index in [1.807, 2.05) is 0 Å². The lowest BCUT2D eigenvalue weighted by Gasteiger charge is -2.28. The number of alkyl halides is 3. The van der Waals surface area contributed by atoms with E-state index in [1.165, 1.54) is 11.8 Å². The van der Waals surface area contributed by atoms with Gasteiger partial charge >= 0.3 is 6.18 Å². The molecule has 0 saturated carbocycles. The number of halogens is 3. The second-order valence-corrected chi connectivity index (χ2v) is 4.60. The lowest BCUT2D eigenvalue weighted by atomic mass is 10.3. The summed E-state index contributed by atoms with van der Waals surface area (Å²) in [5, 5.41) is 0.606. The van der Waals surface area contributed by atoms with Crippen LogP contribution in [0.3, 0.4) is 0 Å². The molecule has 1 aromatic heterocycles. The molecule has 1 amide bonds. The maximum absolute atomic E-state index is 12.2. The first kappa shape index (κ1) is 12.2. The van der Waals surface area contributed by atoms with E-state index in [9.17, 15) is 18.0 Å². The van der Waals surface area contributed by atoms with Crippen molar-refractivity contribution in [3.63, 3.8) is 0 Å². The Balaban J connectivity index is 2.21. The molecule has 0 saturated heterocycles. The number of carbonyl (C=O) groups excluding carboxylic acids is 1. The molecule has 0 atom stereocenters. The van der Waals surface area contributed by atoms with Crippen molar-refractivity contribution in [2.75, 3.05) is 17.2 Å². The molecule has 0 spiro atoms. The smallest absolute Gasteiger partial charge is 0.309 e. The Kier molecular flexibility index (Phi) is 3.28. The molecule has 0 radical (unpaired) electrons. The van der Waals surface area contributed by atoms with Crippen LogP contribution in [0, 0.1) is 0 Å². The number of anilines is 1. The largest absolute Gasteiger partial charge is 0.397 e. The van der Waals surface area contributed by atoms with Gasteiger partial charge < -0.3 is 4.90 Å². The maximum Gasteiger partial charge on any atom is 0.397 e. The van der Waals surface area contributed by atoms with Gasteiger partial charge in [-0.2, -0.15) is 13.2 Å². The standard InChI is InChI=1S/C10H9F3N2OS/c11-10(12,13)6-8(16)15-4-5-17-9-7(15)2-1-3-14-9/h1-3H,4-6H2. The third-order valence-electron chi connectivity index (χ3n) is 2.25. The van der Waals surface area contributed by atoms with Gasteiger partial charge in [0, 0.05) is 18.5 Å². The van der Waals surface area contributed by atoms with Crippen molar-refractivity contribution in [1.29, 1.82) is 0 Å². The number of aromatic nitrogens is 1. The van der Waals surface area contributed by atoms with Crippen molar-refractivity contribution in [1.82, 2.24) is 4.98 Å². The van der Waals surface area contributed by atoms with E-state index in [1.54, 1.807) is 18.3 Å². The molecule has 2 heterocycles. The van der Waals surface area contributed by atoms with E-state index in [-0.39, 0.29) is 6.54 Å². The van der Waals surface area contributed by atoms with Crippen LogP contribution in [0.5, 0.6) is 0 Å². The molecule has 0 fully saturated rings. The average molecular weight is 262 g/mol. The van der Waals surface area contributed by atoms with Gasteiger partial charge in [0.2, 0.25) is 5.91 Å². The summed E-state index contributed by atoms with van der Waals surface area (Å²) in [6.45, 7) is 0.290. The van der Waals surface area contributed by atoms with E-state index >= 15 is 0 Å². The number of pyridine rings is 1. The molecule has 2 rings (SSSR count). The molecule has 0 unspecified atom stereocenters. The van der Waals surface area contributed by atoms with E-state index in [4.69, 9.17) is 0 Å². The minimum absolute atomic E-state index is 0.290. The van der Waals surface area contributed by atoms with Crippen molar-refractivity contribution in [3.05, 3.63) is 18.3 Å². The predicted octanol–water partition coefficient (Wildman–Crippen LogP) is 2.47. The molecule has 3 nitrogen and oxygen atoms in total. The summed E-state index contributed by atoms with van der Waals surface area (Å²) in [4.78, 5) is 16.7. The molecule has 17 heavy (non-hydrogen) atoms. The lowest BCUT2D eigenvalue weighted by Crippen LogP contribution is -2.38. The zero-order valence-corrected chi connectivity index (χ0v) is 9.51. The highest BCUT2D eigenvalue weighted by Crippen LogP contribution is 2.33. The van der Waals surface area contributed by atoms with Crippen molar-refractivity contribution in [2.45, 2.75) is 17.6 Å². The number of carbonyl (C=O) groups is 1. The second kappa shape index (κ2) is 4.56. The van der Waals surface area contributed by atoms with Crippen molar-refractivity contribution in [2.24, 2.45) is 0 Å². The fraction of sp³-hybridized carbons (Fsp3) is 0.400. The molecule has 0 N–H and O–H groups in total. The van der Waals surface area contributed by atoms with E-state index in [2.05, 4.69) is 4.98 Å². The Morgan fingerprint density at radius 1 is 1.53 bits per heavy atom. The van der Waals surface area contributed by atoms with Gasteiger partial charge in [-0.25, -0.2) is 4.98 Å². The van der Waals surface area contributed by atoms with Gasteiger partial charge in [-0.1, -0.05) is 0 Å². The third kappa shape index (κ3) is 2.91. The number of hydrogen-bond acceptors (Lipinski definition) is 3. The van der Waals surface area contributed by atoms with Gasteiger partial charge in [0.1, 0.15) is 11.4 Å². The van der Waals surface area contributed by atoms with Gasteiger partial charge in [0.05, 0.1) is 5.69 Å². The number of hydrogen-bond donors (Lipinski definition) is 0. The first-order valence-corrected chi connectivity index (χ1v) is 5.91. The molecule has 0 aromatic carbocycles. The van der Waals surface area contributed by atoms with Crippen LogP contribution < -0.4 is 4.90 Å². The average Bonchev–Trinajstić information content (AvgIpc) is 2.26. The monoisotopic (exact) mass is 262 g/mol. The quantitative estimate of drug-likeness (QED) is 0.779. The van der Waals surface area contributed by atoms with Crippen LogP contribution in [0.25, 0.3) is 0 Å². The van der Waals surface area contributed by atoms with Crippen molar-refractivity contribution in [3.8, 4) is 0 Å². The van der Waals surface area contributed by atoms with E-state index < -0.39 is 18.5 Å². The van der Waals surface area contributed by atoms with E-state index in [0.29, 0.717) is 16.5 Å². The second-order valence-electron chi connectivity index (χ2n) is 3.51. The normalized spacial score (nSPS) is 15.6. The Morgan fingerprint density at radius 3 is 3.00 bits per heavy atom. The van der Waals surface area contributed by atoms with Crippen LogP contribution in [-0.2, 0) is 4.79 Å². The van der Waals surface area contributed by atoms with Gasteiger partial charge in [-0.15, -0.1) is 11.8 Å². The number of rotatable bonds is 1. The summed E-state index contributed by atoms with van der Waals surface area (Å²) >= 11 is 1.44. The summed E-state index contributed by atoms with van der Waals surface area (Å²) < 4.78 is 36.5. The van der Waals surface area contributed by atoms with Crippen LogP contribution in [-0.4, -0.2) is 29.4 Å². The summed E-state index contributed by atoms with van der Waals surface area (Å²) in [6, 6.07) is 3.22. The first-order chi connectivity index (χ1) is 7.97. The van der Waals surface area contributed by atoms with Crippen LogP contribution in [0.15, 0.2) is 23.4 Å². The number of amides is 1. The SMILES string of the molecule is O=C(CC(F)(F)F)N1CCSc2ncccc21. The molecule has 92 valence electrons. The third-order valence-corrected chi connectivity index (χ3v) is 3.22. The summed E-state index contributed by atoms with van der Waals surface area (Å²) in [7, 11) is 0. The van der Waals surface area contributed by atoms with Gasteiger partial charge in [0.15, 0.2) is 0 Å². The molecule has 7 heteroatoms. The van der Waals surface area contributed by atoms with Crippen LogP contribution in [0.2, 0.25) is 0 Å². The van der Waals surface area contributed by atoms with Crippen LogP contribution in [0.1, 0.15) is 6.42 Å². The van der Waals surface area contributed by atoms with Gasteiger partial charge in [-0.3, -0.25) is 4.79 Å². The molecule has 1 aliphatic rings. The molecule has 0 aliphatic carbocycles. The zero-order valence-electron chi connectivity index (χ0n) is 8.70. The molecule has 1 aliphatic heterocycles. The predicted molar refractivity (Wildman–Crippen MR) is 58.0 cm³/mol. The maximum atomic E-state index is 12.2. The Bertz CT molecular complexity index is 436. The topological polar surface area (TPSA) is 33.2 Å². The molecule has 1 aromatic rings. The number of thioether (sulfide) groups is 1. The highest BCUT2D eigenvalue weighted by atomic mass is 32.2. The van der Waals surface area contributed by atoms with Crippen molar-refractivity contribution < 1.29 is 18.0 Å². The van der Waals surface area contributed by atoms with Gasteiger partial charge in [-0.05, 0) is 12.1 Å². The lowest BCUT2D eigenvalue weighted by molar-refractivity contribution is -0.151. The fourth-order valence-electron chi connectivity index (χ4n) is 1.58. The Morgan fingerprint density at radius 2 is 2.29 bits per heavy atom. The first-order valence-electron chi connectivity index (χ1n) is 4.92. The summed E-state index contributed by atoms with van der Waals surface area (Å²) in [5.74, 6) is -0.361.